The van der Waals surface area contributed by atoms with Gasteiger partial charge in [-0.1, -0.05) is 26.0 Å². The molecule has 2 rings (SSSR count). The molecule has 0 heterocycles. The van der Waals surface area contributed by atoms with Crippen LogP contribution in [0.1, 0.15) is 39.2 Å². The molecule has 2 amide bonds. The highest BCUT2D eigenvalue weighted by molar-refractivity contribution is 5.94. The molecule has 150 valence electrons. The first-order valence-electron chi connectivity index (χ1n) is 9.62. The molecule has 0 bridgehead atoms. The standard InChI is InChI=1S/C22H29N3O3/c1-5-16(4)28-19-9-7-8-18(12-19)24-22(27)14-23-17-11-10-15(3)20(13-17)25-21(26)6-2/h7-13,16,23H,5-6,14H2,1-4H3,(H,24,27)(H,25,26). The number of nitrogens with one attached hydrogen (secondary N) is 3. The molecule has 0 aliphatic heterocycles. The summed E-state index contributed by atoms with van der Waals surface area (Å²) in [5.74, 6) is 0.521. The first-order chi connectivity index (χ1) is 13.4. The van der Waals surface area contributed by atoms with Crippen LogP contribution >= 0.6 is 0 Å². The second kappa shape index (κ2) is 10.3. The maximum atomic E-state index is 12.3. The summed E-state index contributed by atoms with van der Waals surface area (Å²) >= 11 is 0. The van der Waals surface area contributed by atoms with E-state index in [-0.39, 0.29) is 24.5 Å². The summed E-state index contributed by atoms with van der Waals surface area (Å²) in [6, 6.07) is 13.0. The molecule has 1 atom stereocenters. The predicted molar refractivity (Wildman–Crippen MR) is 114 cm³/mol. The normalized spacial score (nSPS) is 11.4. The van der Waals surface area contributed by atoms with Gasteiger partial charge in [-0.15, -0.1) is 0 Å². The fourth-order valence-corrected chi connectivity index (χ4v) is 2.46. The van der Waals surface area contributed by atoms with Crippen molar-refractivity contribution in [3.8, 4) is 5.75 Å². The van der Waals surface area contributed by atoms with Gasteiger partial charge in [0.25, 0.3) is 0 Å². The highest BCUT2D eigenvalue weighted by Crippen LogP contribution is 2.21. The van der Waals surface area contributed by atoms with Crippen LogP contribution in [-0.2, 0) is 9.59 Å². The van der Waals surface area contributed by atoms with Gasteiger partial charge in [0, 0.05) is 29.5 Å². The lowest BCUT2D eigenvalue weighted by Gasteiger charge is -2.14. The maximum absolute atomic E-state index is 12.3. The first-order valence-corrected chi connectivity index (χ1v) is 9.62. The van der Waals surface area contributed by atoms with E-state index in [9.17, 15) is 9.59 Å². The Morgan fingerprint density at radius 2 is 1.79 bits per heavy atom. The van der Waals surface area contributed by atoms with Crippen molar-refractivity contribution in [3.05, 3.63) is 48.0 Å². The molecule has 6 nitrogen and oxygen atoms in total. The molecular weight excluding hydrogens is 354 g/mol. The Bertz CT molecular complexity index is 820. The number of benzene rings is 2. The number of anilines is 3. The monoisotopic (exact) mass is 383 g/mol. The zero-order chi connectivity index (χ0) is 20.5. The van der Waals surface area contributed by atoms with E-state index >= 15 is 0 Å². The van der Waals surface area contributed by atoms with Crippen molar-refractivity contribution in [3.63, 3.8) is 0 Å². The minimum atomic E-state index is -0.166. The van der Waals surface area contributed by atoms with Crippen LogP contribution in [-0.4, -0.2) is 24.5 Å². The highest BCUT2D eigenvalue weighted by atomic mass is 16.5. The van der Waals surface area contributed by atoms with Gasteiger partial charge >= 0.3 is 0 Å². The fraction of sp³-hybridized carbons (Fsp3) is 0.364. The van der Waals surface area contributed by atoms with Gasteiger partial charge in [0.05, 0.1) is 12.6 Å². The van der Waals surface area contributed by atoms with E-state index in [1.165, 1.54) is 0 Å². The number of rotatable bonds is 9. The van der Waals surface area contributed by atoms with Crippen LogP contribution in [0.25, 0.3) is 0 Å². The quantitative estimate of drug-likeness (QED) is 0.592. The average Bonchev–Trinajstić information content (AvgIpc) is 2.68. The lowest BCUT2D eigenvalue weighted by atomic mass is 10.1. The van der Waals surface area contributed by atoms with E-state index in [1.807, 2.05) is 56.3 Å². The molecule has 0 saturated carbocycles. The fourth-order valence-electron chi connectivity index (χ4n) is 2.46. The zero-order valence-corrected chi connectivity index (χ0v) is 17.0. The van der Waals surface area contributed by atoms with Crippen molar-refractivity contribution >= 4 is 28.9 Å². The molecule has 0 aliphatic carbocycles. The number of carbonyl (C=O) groups is 2. The summed E-state index contributed by atoms with van der Waals surface area (Å²) in [4.78, 5) is 23.9. The second-order valence-electron chi connectivity index (χ2n) is 6.70. The van der Waals surface area contributed by atoms with Gasteiger partial charge < -0.3 is 20.7 Å². The van der Waals surface area contributed by atoms with Gasteiger partial charge in [0.15, 0.2) is 0 Å². The van der Waals surface area contributed by atoms with E-state index in [0.29, 0.717) is 12.1 Å². The van der Waals surface area contributed by atoms with Crippen LogP contribution in [0.5, 0.6) is 5.75 Å². The highest BCUT2D eigenvalue weighted by Gasteiger charge is 2.07. The van der Waals surface area contributed by atoms with E-state index in [1.54, 1.807) is 6.92 Å². The van der Waals surface area contributed by atoms with Gasteiger partial charge in [-0.25, -0.2) is 0 Å². The number of carbonyl (C=O) groups excluding carboxylic acids is 2. The van der Waals surface area contributed by atoms with Crippen molar-refractivity contribution in [2.24, 2.45) is 0 Å². The third kappa shape index (κ3) is 6.61. The minimum Gasteiger partial charge on any atom is -0.491 e. The summed E-state index contributed by atoms with van der Waals surface area (Å²) in [5.41, 5.74) is 3.16. The van der Waals surface area contributed by atoms with E-state index < -0.39 is 0 Å². The van der Waals surface area contributed by atoms with Crippen LogP contribution < -0.4 is 20.7 Å². The Balaban J connectivity index is 1.93. The Kier molecular flexibility index (Phi) is 7.87. The Morgan fingerprint density at radius 1 is 1.00 bits per heavy atom. The van der Waals surface area contributed by atoms with Gasteiger partial charge in [0.2, 0.25) is 11.8 Å². The summed E-state index contributed by atoms with van der Waals surface area (Å²) in [7, 11) is 0. The molecule has 0 fully saturated rings. The number of aryl methyl sites for hydroxylation is 1. The largest absolute Gasteiger partial charge is 0.491 e. The molecule has 0 aromatic heterocycles. The minimum absolute atomic E-state index is 0.0440. The molecule has 28 heavy (non-hydrogen) atoms. The molecule has 0 aliphatic rings. The van der Waals surface area contributed by atoms with Gasteiger partial charge in [0.1, 0.15) is 5.75 Å². The smallest absolute Gasteiger partial charge is 0.243 e. The molecular formula is C22H29N3O3. The zero-order valence-electron chi connectivity index (χ0n) is 17.0. The summed E-state index contributed by atoms with van der Waals surface area (Å²) in [6.07, 6.45) is 1.45. The third-order valence-electron chi connectivity index (χ3n) is 4.32. The second-order valence-corrected chi connectivity index (χ2v) is 6.70. The first kappa shape index (κ1) is 21.3. The molecule has 0 spiro atoms. The van der Waals surface area contributed by atoms with E-state index in [0.717, 1.165) is 29.1 Å². The van der Waals surface area contributed by atoms with Gasteiger partial charge in [-0.2, -0.15) is 0 Å². The van der Waals surface area contributed by atoms with Crippen molar-refractivity contribution in [1.29, 1.82) is 0 Å². The molecule has 3 N–H and O–H groups in total. The molecule has 2 aromatic rings. The number of amides is 2. The molecule has 6 heteroatoms. The topological polar surface area (TPSA) is 79.5 Å². The van der Waals surface area contributed by atoms with E-state index in [2.05, 4.69) is 22.9 Å². The molecule has 2 aromatic carbocycles. The van der Waals surface area contributed by atoms with Gasteiger partial charge in [-0.05, 0) is 50.1 Å². The number of hydrogen-bond acceptors (Lipinski definition) is 4. The van der Waals surface area contributed by atoms with Crippen LogP contribution in [0.3, 0.4) is 0 Å². The Labute approximate surface area is 166 Å². The van der Waals surface area contributed by atoms with Crippen LogP contribution in [0.15, 0.2) is 42.5 Å². The van der Waals surface area contributed by atoms with Crippen molar-refractivity contribution in [2.75, 3.05) is 22.5 Å². The lowest BCUT2D eigenvalue weighted by molar-refractivity contribution is -0.116. The van der Waals surface area contributed by atoms with E-state index in [4.69, 9.17) is 4.74 Å². The van der Waals surface area contributed by atoms with Crippen molar-refractivity contribution in [1.82, 2.24) is 0 Å². The average molecular weight is 383 g/mol. The maximum Gasteiger partial charge on any atom is 0.243 e. The summed E-state index contributed by atoms with van der Waals surface area (Å²) < 4.78 is 5.78. The number of hydrogen-bond donors (Lipinski definition) is 3. The Morgan fingerprint density at radius 3 is 2.50 bits per heavy atom. The summed E-state index contributed by atoms with van der Waals surface area (Å²) in [6.45, 7) is 7.91. The predicted octanol–water partition coefficient (Wildman–Crippen LogP) is 4.57. The Hall–Kier alpha value is -3.02. The van der Waals surface area contributed by atoms with Crippen LogP contribution in [0.2, 0.25) is 0 Å². The SMILES string of the molecule is CCC(=O)Nc1cc(NCC(=O)Nc2cccc(OC(C)CC)c2)ccc1C. The van der Waals surface area contributed by atoms with Crippen LogP contribution in [0, 0.1) is 6.92 Å². The molecule has 1 unspecified atom stereocenters. The molecule has 0 radical (unpaired) electrons. The van der Waals surface area contributed by atoms with Crippen molar-refractivity contribution in [2.45, 2.75) is 46.6 Å². The number of ether oxygens (including phenoxy) is 1. The lowest BCUT2D eigenvalue weighted by Crippen LogP contribution is -2.22. The van der Waals surface area contributed by atoms with Crippen LogP contribution in [0.4, 0.5) is 17.1 Å². The third-order valence-corrected chi connectivity index (χ3v) is 4.32. The summed E-state index contributed by atoms with van der Waals surface area (Å²) in [5, 5.41) is 8.81. The van der Waals surface area contributed by atoms with Crippen molar-refractivity contribution < 1.29 is 14.3 Å². The molecule has 0 saturated heterocycles. The van der Waals surface area contributed by atoms with Gasteiger partial charge in [-0.3, -0.25) is 9.59 Å².